The van der Waals surface area contributed by atoms with Gasteiger partial charge in [-0.2, -0.15) is 0 Å². The molecule has 0 bridgehead atoms. The number of nitrogens with two attached hydrogens (primary N) is 1. The summed E-state index contributed by atoms with van der Waals surface area (Å²) in [5.41, 5.74) is 6.00. The summed E-state index contributed by atoms with van der Waals surface area (Å²) >= 11 is 0. The van der Waals surface area contributed by atoms with Crippen LogP contribution in [-0.4, -0.2) is 17.1 Å². The molecule has 0 aliphatic carbocycles. The van der Waals surface area contributed by atoms with E-state index in [0.29, 0.717) is 12.4 Å². The molecular formula is C10H17N3O. The van der Waals surface area contributed by atoms with Crippen LogP contribution >= 0.6 is 0 Å². The maximum absolute atomic E-state index is 5.46. The molecule has 0 radical (unpaired) electrons. The van der Waals surface area contributed by atoms with Crippen LogP contribution in [0, 0.1) is 0 Å². The van der Waals surface area contributed by atoms with E-state index in [1.54, 1.807) is 19.5 Å². The zero-order valence-corrected chi connectivity index (χ0v) is 8.95. The van der Waals surface area contributed by atoms with Gasteiger partial charge in [-0.3, -0.25) is 0 Å². The molecule has 0 spiro atoms. The molecule has 4 nitrogen and oxygen atoms in total. The van der Waals surface area contributed by atoms with Crippen LogP contribution in [0.1, 0.15) is 31.7 Å². The summed E-state index contributed by atoms with van der Waals surface area (Å²) in [5.74, 6) is 0.708. The molecule has 78 valence electrons. The number of hydrogen-bond donors (Lipinski definition) is 1. The third-order valence-corrected chi connectivity index (χ3v) is 2.54. The second-order valence-electron chi connectivity index (χ2n) is 3.41. The third-order valence-electron chi connectivity index (χ3n) is 2.54. The van der Waals surface area contributed by atoms with Crippen LogP contribution in [0.3, 0.4) is 0 Å². The van der Waals surface area contributed by atoms with Gasteiger partial charge < -0.3 is 10.5 Å². The highest BCUT2D eigenvalue weighted by atomic mass is 16.5. The predicted molar refractivity (Wildman–Crippen MR) is 54.6 cm³/mol. The smallest absolute Gasteiger partial charge is 0.159 e. The van der Waals surface area contributed by atoms with Gasteiger partial charge in [-0.25, -0.2) is 9.97 Å². The molecule has 0 aliphatic rings. The van der Waals surface area contributed by atoms with E-state index in [1.807, 2.05) is 13.8 Å². The van der Waals surface area contributed by atoms with E-state index in [4.69, 9.17) is 10.5 Å². The van der Waals surface area contributed by atoms with Crippen LogP contribution in [-0.2, 0) is 16.9 Å². The number of hydrogen-bond acceptors (Lipinski definition) is 4. The Kier molecular flexibility index (Phi) is 3.55. The molecule has 2 N–H and O–H groups in total. The number of rotatable bonds is 4. The maximum atomic E-state index is 5.46. The lowest BCUT2D eigenvalue weighted by Crippen LogP contribution is -2.26. The van der Waals surface area contributed by atoms with Crippen LogP contribution in [0.4, 0.5) is 0 Å². The SMILES string of the molecule is CCC(C)(OC)c1ncc(CN)cn1. The molecule has 0 aromatic carbocycles. The summed E-state index contributed by atoms with van der Waals surface area (Å²) in [6, 6.07) is 0. The highest BCUT2D eigenvalue weighted by molar-refractivity contribution is 5.08. The molecule has 1 unspecified atom stereocenters. The Balaban J connectivity index is 2.95. The second kappa shape index (κ2) is 4.48. The van der Waals surface area contributed by atoms with Gasteiger partial charge in [-0.1, -0.05) is 6.92 Å². The van der Waals surface area contributed by atoms with E-state index in [-0.39, 0.29) is 0 Å². The van der Waals surface area contributed by atoms with Gasteiger partial charge in [-0.05, 0) is 13.3 Å². The van der Waals surface area contributed by atoms with E-state index in [1.165, 1.54) is 0 Å². The molecular weight excluding hydrogens is 178 g/mol. The summed E-state index contributed by atoms with van der Waals surface area (Å²) in [4.78, 5) is 8.49. The zero-order valence-electron chi connectivity index (χ0n) is 8.95. The molecule has 0 saturated heterocycles. The van der Waals surface area contributed by atoms with Gasteiger partial charge in [0.05, 0.1) is 0 Å². The van der Waals surface area contributed by atoms with E-state index < -0.39 is 5.60 Å². The molecule has 4 heteroatoms. The molecule has 1 heterocycles. The van der Waals surface area contributed by atoms with Crippen molar-refractivity contribution in [2.75, 3.05) is 7.11 Å². The normalized spacial score (nSPS) is 15.1. The highest BCUT2D eigenvalue weighted by Gasteiger charge is 2.26. The van der Waals surface area contributed by atoms with Crippen molar-refractivity contribution in [1.82, 2.24) is 9.97 Å². The fourth-order valence-corrected chi connectivity index (χ4v) is 1.13. The van der Waals surface area contributed by atoms with Crippen LogP contribution in [0.25, 0.3) is 0 Å². The molecule has 1 rings (SSSR count). The number of methoxy groups -OCH3 is 1. The van der Waals surface area contributed by atoms with Gasteiger partial charge in [-0.15, -0.1) is 0 Å². The first kappa shape index (κ1) is 11.1. The minimum absolute atomic E-state index is 0.396. The molecule has 14 heavy (non-hydrogen) atoms. The Hall–Kier alpha value is -1.00. The first-order chi connectivity index (χ1) is 6.66. The average Bonchev–Trinajstić information content (AvgIpc) is 2.28. The van der Waals surface area contributed by atoms with Gasteiger partial charge in [0.2, 0.25) is 0 Å². The van der Waals surface area contributed by atoms with E-state index in [2.05, 4.69) is 9.97 Å². The van der Waals surface area contributed by atoms with E-state index in [9.17, 15) is 0 Å². The summed E-state index contributed by atoms with van der Waals surface area (Å²) in [6.45, 7) is 4.49. The summed E-state index contributed by atoms with van der Waals surface area (Å²) in [5, 5.41) is 0. The van der Waals surface area contributed by atoms with Gasteiger partial charge >= 0.3 is 0 Å². The Morgan fingerprint density at radius 3 is 2.36 bits per heavy atom. The standard InChI is InChI=1S/C10H17N3O/c1-4-10(2,14-3)9-12-6-8(5-11)7-13-9/h6-7H,4-5,11H2,1-3H3. The number of aromatic nitrogens is 2. The first-order valence-electron chi connectivity index (χ1n) is 4.73. The zero-order chi connectivity index (χ0) is 10.6. The van der Waals surface area contributed by atoms with Crippen LogP contribution in [0.5, 0.6) is 0 Å². The van der Waals surface area contributed by atoms with E-state index in [0.717, 1.165) is 12.0 Å². The van der Waals surface area contributed by atoms with Crippen LogP contribution < -0.4 is 5.73 Å². The van der Waals surface area contributed by atoms with Crippen molar-refractivity contribution in [2.45, 2.75) is 32.4 Å². The fourth-order valence-electron chi connectivity index (χ4n) is 1.13. The quantitative estimate of drug-likeness (QED) is 0.784. The minimum atomic E-state index is -0.396. The van der Waals surface area contributed by atoms with Crippen molar-refractivity contribution in [1.29, 1.82) is 0 Å². The second-order valence-corrected chi connectivity index (χ2v) is 3.41. The Morgan fingerprint density at radius 1 is 1.43 bits per heavy atom. The Labute approximate surface area is 84.5 Å². The average molecular weight is 195 g/mol. The maximum Gasteiger partial charge on any atom is 0.159 e. The lowest BCUT2D eigenvalue weighted by Gasteiger charge is -2.24. The van der Waals surface area contributed by atoms with Crippen LogP contribution in [0.2, 0.25) is 0 Å². The predicted octanol–water partition coefficient (Wildman–Crippen LogP) is 1.21. The molecule has 1 atom stereocenters. The number of ether oxygens (including phenoxy) is 1. The lowest BCUT2D eigenvalue weighted by atomic mass is 10.0. The van der Waals surface area contributed by atoms with Crippen molar-refractivity contribution in [3.63, 3.8) is 0 Å². The van der Waals surface area contributed by atoms with E-state index >= 15 is 0 Å². The van der Waals surface area contributed by atoms with Crippen molar-refractivity contribution >= 4 is 0 Å². The highest BCUT2D eigenvalue weighted by Crippen LogP contribution is 2.24. The topological polar surface area (TPSA) is 61.0 Å². The van der Waals surface area contributed by atoms with Crippen molar-refractivity contribution < 1.29 is 4.74 Å². The Bertz CT molecular complexity index is 280. The van der Waals surface area contributed by atoms with Crippen molar-refractivity contribution in [2.24, 2.45) is 5.73 Å². The lowest BCUT2D eigenvalue weighted by molar-refractivity contribution is -0.00903. The molecule has 1 aromatic rings. The summed E-state index contributed by atoms with van der Waals surface area (Å²) in [7, 11) is 1.67. The molecule has 1 aromatic heterocycles. The van der Waals surface area contributed by atoms with Crippen molar-refractivity contribution in [3.05, 3.63) is 23.8 Å². The van der Waals surface area contributed by atoms with Gasteiger partial charge in [0.15, 0.2) is 5.82 Å². The molecule has 0 aliphatic heterocycles. The minimum Gasteiger partial charge on any atom is -0.371 e. The molecule has 0 fully saturated rings. The fraction of sp³-hybridized carbons (Fsp3) is 0.600. The monoisotopic (exact) mass is 195 g/mol. The largest absolute Gasteiger partial charge is 0.371 e. The van der Waals surface area contributed by atoms with Gasteiger partial charge in [0.1, 0.15) is 5.60 Å². The van der Waals surface area contributed by atoms with Gasteiger partial charge in [0, 0.05) is 31.6 Å². The molecule has 0 saturated carbocycles. The Morgan fingerprint density at radius 2 is 2.00 bits per heavy atom. The van der Waals surface area contributed by atoms with Crippen LogP contribution in [0.15, 0.2) is 12.4 Å². The molecule has 0 amide bonds. The van der Waals surface area contributed by atoms with Crippen molar-refractivity contribution in [3.8, 4) is 0 Å². The van der Waals surface area contributed by atoms with Gasteiger partial charge in [0.25, 0.3) is 0 Å². The summed E-state index contributed by atoms with van der Waals surface area (Å²) in [6.07, 6.45) is 4.33. The summed E-state index contributed by atoms with van der Waals surface area (Å²) < 4.78 is 5.39. The third kappa shape index (κ3) is 2.08. The first-order valence-corrected chi connectivity index (χ1v) is 4.73. The number of nitrogens with zero attached hydrogens (tertiary/aromatic N) is 2.